The first kappa shape index (κ1) is 10.1. The van der Waals surface area contributed by atoms with Gasteiger partial charge in [0, 0.05) is 5.39 Å². The largest absolute Gasteiger partial charge is 0.377 e. The zero-order valence-electron chi connectivity index (χ0n) is 8.48. The minimum atomic E-state index is 0.778. The maximum Gasteiger partial charge on any atom is 0.0701 e. The van der Waals surface area contributed by atoms with E-state index in [9.17, 15) is 0 Å². The van der Waals surface area contributed by atoms with Crippen LogP contribution >= 0.6 is 0 Å². The van der Waals surface area contributed by atoms with Gasteiger partial charge < -0.3 is 9.47 Å². The number of nitrogens with zero attached hydrogens (tertiary/aromatic N) is 1. The van der Waals surface area contributed by atoms with Gasteiger partial charge >= 0.3 is 0 Å². The van der Waals surface area contributed by atoms with Crippen LogP contribution in [0.5, 0.6) is 0 Å². The van der Waals surface area contributed by atoms with E-state index in [1.54, 1.807) is 0 Å². The number of aromatic nitrogens is 2. The molecule has 1 saturated heterocycles. The van der Waals surface area contributed by atoms with E-state index >= 15 is 0 Å². The van der Waals surface area contributed by atoms with Crippen LogP contribution in [0.1, 0.15) is 0 Å². The van der Waals surface area contributed by atoms with Gasteiger partial charge in [-0.3, -0.25) is 5.10 Å². The Labute approximate surface area is 88.2 Å². The first-order valence-corrected chi connectivity index (χ1v) is 5.00. The molecule has 0 saturated carbocycles. The summed E-state index contributed by atoms with van der Waals surface area (Å²) in [7, 11) is 0. The number of benzene rings is 1. The third-order valence-corrected chi connectivity index (χ3v) is 2.09. The van der Waals surface area contributed by atoms with Gasteiger partial charge in [0.05, 0.1) is 38.1 Å². The van der Waals surface area contributed by atoms with Crippen LogP contribution < -0.4 is 0 Å². The normalized spacial score (nSPS) is 15.7. The fourth-order valence-electron chi connectivity index (χ4n) is 1.32. The molecule has 15 heavy (non-hydrogen) atoms. The predicted octanol–water partition coefficient (Wildman–Crippen LogP) is 1.60. The number of H-pyrrole nitrogens is 1. The SMILES string of the molecule is C1COCCO1.c1ccc2[nH]ncc2c1. The number of fused-ring (bicyclic) bond motifs is 1. The highest BCUT2D eigenvalue weighted by atomic mass is 16.6. The third kappa shape index (κ3) is 3.04. The van der Waals surface area contributed by atoms with Crippen molar-refractivity contribution < 1.29 is 9.47 Å². The van der Waals surface area contributed by atoms with Crippen LogP contribution in [0.3, 0.4) is 0 Å². The molecule has 2 heterocycles. The van der Waals surface area contributed by atoms with Crippen LogP contribution in [0.25, 0.3) is 10.9 Å². The topological polar surface area (TPSA) is 47.1 Å². The van der Waals surface area contributed by atoms with Crippen LogP contribution in [-0.2, 0) is 9.47 Å². The molecule has 1 aliphatic heterocycles. The highest BCUT2D eigenvalue weighted by Gasteiger charge is 1.94. The Kier molecular flexibility index (Phi) is 3.70. The molecule has 1 aromatic carbocycles. The zero-order valence-corrected chi connectivity index (χ0v) is 8.48. The Morgan fingerprint density at radius 2 is 1.67 bits per heavy atom. The van der Waals surface area contributed by atoms with Gasteiger partial charge in [-0.25, -0.2) is 0 Å². The standard InChI is InChI=1S/C7H6N2.C4H8O2/c1-2-4-7-6(3-1)5-8-9-7;1-2-6-4-3-5-1/h1-5H,(H,8,9);1-4H2. The molecule has 0 radical (unpaired) electrons. The molecule has 0 spiro atoms. The van der Waals surface area contributed by atoms with Crippen molar-refractivity contribution in [1.82, 2.24) is 10.2 Å². The van der Waals surface area contributed by atoms with Crippen LogP contribution in [0.2, 0.25) is 0 Å². The van der Waals surface area contributed by atoms with Gasteiger partial charge in [0.2, 0.25) is 0 Å². The number of hydrogen-bond acceptors (Lipinski definition) is 3. The van der Waals surface area contributed by atoms with E-state index in [0.717, 1.165) is 37.3 Å². The zero-order chi connectivity index (χ0) is 10.3. The molecular formula is C11H14N2O2. The van der Waals surface area contributed by atoms with Crippen molar-refractivity contribution in [3.63, 3.8) is 0 Å². The minimum Gasteiger partial charge on any atom is -0.377 e. The van der Waals surface area contributed by atoms with Gasteiger partial charge in [0.15, 0.2) is 0 Å². The quantitative estimate of drug-likeness (QED) is 0.712. The second kappa shape index (κ2) is 5.48. The summed E-state index contributed by atoms with van der Waals surface area (Å²) in [5, 5.41) is 7.91. The lowest BCUT2D eigenvalue weighted by atomic mass is 10.3. The van der Waals surface area contributed by atoms with E-state index in [0.29, 0.717) is 0 Å². The maximum absolute atomic E-state index is 4.94. The second-order valence-electron chi connectivity index (χ2n) is 3.18. The maximum atomic E-state index is 4.94. The van der Waals surface area contributed by atoms with Crippen molar-refractivity contribution in [2.45, 2.75) is 0 Å². The molecule has 0 unspecified atom stereocenters. The first-order valence-electron chi connectivity index (χ1n) is 5.00. The smallest absolute Gasteiger partial charge is 0.0701 e. The van der Waals surface area contributed by atoms with Crippen LogP contribution in [0, 0.1) is 0 Å². The second-order valence-corrected chi connectivity index (χ2v) is 3.18. The minimum absolute atomic E-state index is 0.778. The van der Waals surface area contributed by atoms with Gasteiger partial charge in [-0.15, -0.1) is 0 Å². The molecule has 0 bridgehead atoms. The Morgan fingerprint density at radius 3 is 2.27 bits per heavy atom. The summed E-state index contributed by atoms with van der Waals surface area (Å²) in [5.41, 5.74) is 1.09. The number of hydrogen-bond donors (Lipinski definition) is 1. The molecule has 4 nitrogen and oxygen atoms in total. The van der Waals surface area contributed by atoms with Crippen LogP contribution in [0.15, 0.2) is 30.5 Å². The fraction of sp³-hybridized carbons (Fsp3) is 0.364. The fourth-order valence-corrected chi connectivity index (χ4v) is 1.32. The van der Waals surface area contributed by atoms with Crippen molar-refractivity contribution in [1.29, 1.82) is 0 Å². The lowest BCUT2D eigenvalue weighted by Gasteiger charge is -2.09. The summed E-state index contributed by atoms with van der Waals surface area (Å²) in [6.07, 6.45) is 1.81. The number of rotatable bonds is 0. The third-order valence-electron chi connectivity index (χ3n) is 2.09. The van der Waals surface area contributed by atoms with Gasteiger partial charge in [0.25, 0.3) is 0 Å². The number of ether oxygens (including phenoxy) is 2. The van der Waals surface area contributed by atoms with E-state index in [2.05, 4.69) is 10.2 Å². The summed E-state index contributed by atoms with van der Waals surface area (Å²) in [5.74, 6) is 0. The molecule has 4 heteroatoms. The van der Waals surface area contributed by atoms with Gasteiger partial charge in [-0.1, -0.05) is 18.2 Å². The van der Waals surface area contributed by atoms with Crippen LogP contribution in [0.4, 0.5) is 0 Å². The van der Waals surface area contributed by atoms with E-state index in [4.69, 9.17) is 9.47 Å². The number of nitrogens with one attached hydrogen (secondary N) is 1. The molecule has 2 aromatic rings. The monoisotopic (exact) mass is 206 g/mol. The average molecular weight is 206 g/mol. The van der Waals surface area contributed by atoms with Crippen molar-refractivity contribution in [2.24, 2.45) is 0 Å². The summed E-state index contributed by atoms with van der Waals surface area (Å²) < 4.78 is 9.89. The lowest BCUT2D eigenvalue weighted by Crippen LogP contribution is -2.16. The number of aromatic amines is 1. The van der Waals surface area contributed by atoms with Gasteiger partial charge in [-0.2, -0.15) is 5.10 Å². The number of para-hydroxylation sites is 1. The molecule has 3 rings (SSSR count). The van der Waals surface area contributed by atoms with E-state index in [1.807, 2.05) is 30.5 Å². The molecule has 0 aliphatic carbocycles. The first-order chi connectivity index (χ1) is 7.47. The molecule has 0 amide bonds. The van der Waals surface area contributed by atoms with Crippen molar-refractivity contribution in [3.8, 4) is 0 Å². The van der Waals surface area contributed by atoms with Crippen molar-refractivity contribution in [3.05, 3.63) is 30.5 Å². The molecule has 80 valence electrons. The molecule has 1 fully saturated rings. The van der Waals surface area contributed by atoms with E-state index < -0.39 is 0 Å². The van der Waals surface area contributed by atoms with Crippen LogP contribution in [-0.4, -0.2) is 36.6 Å². The molecule has 1 aliphatic rings. The summed E-state index contributed by atoms with van der Waals surface area (Å²) in [4.78, 5) is 0. The molecule has 1 N–H and O–H groups in total. The average Bonchev–Trinajstić information content (AvgIpc) is 2.80. The molecule has 0 atom stereocenters. The Bertz CT molecular complexity index is 354. The Balaban J connectivity index is 0.000000124. The van der Waals surface area contributed by atoms with Crippen molar-refractivity contribution >= 4 is 10.9 Å². The Hall–Kier alpha value is -1.39. The van der Waals surface area contributed by atoms with E-state index in [1.165, 1.54) is 0 Å². The summed E-state index contributed by atoms with van der Waals surface area (Å²) in [6, 6.07) is 8.01. The highest BCUT2D eigenvalue weighted by Crippen LogP contribution is 2.06. The van der Waals surface area contributed by atoms with E-state index in [-0.39, 0.29) is 0 Å². The van der Waals surface area contributed by atoms with Crippen molar-refractivity contribution in [2.75, 3.05) is 26.4 Å². The molecular weight excluding hydrogens is 192 g/mol. The summed E-state index contributed by atoms with van der Waals surface area (Å²) >= 11 is 0. The Morgan fingerprint density at radius 1 is 1.00 bits per heavy atom. The molecule has 1 aromatic heterocycles. The predicted molar refractivity (Wildman–Crippen MR) is 57.7 cm³/mol. The lowest BCUT2D eigenvalue weighted by molar-refractivity contribution is -0.0334. The van der Waals surface area contributed by atoms with Gasteiger partial charge in [0.1, 0.15) is 0 Å². The van der Waals surface area contributed by atoms with Gasteiger partial charge in [-0.05, 0) is 6.07 Å². The highest BCUT2D eigenvalue weighted by molar-refractivity contribution is 5.77. The summed E-state index contributed by atoms with van der Waals surface area (Å²) in [6.45, 7) is 3.11.